The quantitative estimate of drug-likeness (QED) is 0.815. The summed E-state index contributed by atoms with van der Waals surface area (Å²) in [6.07, 6.45) is 0.363. The predicted octanol–water partition coefficient (Wildman–Crippen LogP) is 1.39. The van der Waals surface area contributed by atoms with Crippen molar-refractivity contribution in [1.82, 2.24) is 14.7 Å². The summed E-state index contributed by atoms with van der Waals surface area (Å²) in [5, 5.41) is 0. The molecule has 0 unspecified atom stereocenters. The molecule has 3 rings (SSSR count). The number of piperazine rings is 1. The Morgan fingerprint density at radius 1 is 1.10 bits per heavy atom. The second kappa shape index (κ2) is 6.77. The number of ether oxygens (including phenoxy) is 1. The zero-order valence-corrected chi connectivity index (χ0v) is 13.2. The number of nitrogens with zero attached hydrogens (tertiary/aromatic N) is 3. The minimum atomic E-state index is 0.363. The number of likely N-dealkylation sites (tertiary alicyclic amines) is 1. The predicted molar refractivity (Wildman–Crippen MR) is 85.8 cm³/mol. The van der Waals surface area contributed by atoms with Crippen LogP contribution in [0.2, 0.25) is 0 Å². The Bertz CT molecular complexity index is 425. The van der Waals surface area contributed by atoms with Gasteiger partial charge in [0, 0.05) is 51.9 Å². The van der Waals surface area contributed by atoms with Crippen molar-refractivity contribution in [3.63, 3.8) is 0 Å². The molecule has 0 aliphatic carbocycles. The number of likely N-dealkylation sites (N-methyl/N-ethyl adjacent to an activating group) is 1. The molecule has 2 fully saturated rings. The lowest BCUT2D eigenvalue weighted by Gasteiger charge is -2.45. The number of hydrogen-bond acceptors (Lipinski definition) is 4. The van der Waals surface area contributed by atoms with Crippen molar-refractivity contribution in [2.24, 2.45) is 0 Å². The first-order valence-corrected chi connectivity index (χ1v) is 8.07. The van der Waals surface area contributed by atoms with Crippen LogP contribution in [0.25, 0.3) is 0 Å². The summed E-state index contributed by atoms with van der Waals surface area (Å²) in [6, 6.07) is 10.8. The minimum Gasteiger partial charge on any atom is -0.488 e. The van der Waals surface area contributed by atoms with E-state index in [4.69, 9.17) is 4.74 Å². The van der Waals surface area contributed by atoms with Crippen LogP contribution in [-0.2, 0) is 0 Å². The van der Waals surface area contributed by atoms with Gasteiger partial charge in [-0.05, 0) is 26.1 Å². The molecule has 2 heterocycles. The number of rotatable bonds is 5. The Kier molecular flexibility index (Phi) is 4.78. The van der Waals surface area contributed by atoms with E-state index in [0.717, 1.165) is 18.8 Å². The monoisotopic (exact) mass is 289 g/mol. The lowest BCUT2D eigenvalue weighted by Crippen LogP contribution is -2.60. The molecule has 0 N–H and O–H groups in total. The summed E-state index contributed by atoms with van der Waals surface area (Å²) in [5.74, 6) is 0.994. The number of benzene rings is 1. The molecule has 1 atom stereocenters. The first-order valence-electron chi connectivity index (χ1n) is 8.07. The average Bonchev–Trinajstić information content (AvgIpc) is 2.46. The van der Waals surface area contributed by atoms with Crippen molar-refractivity contribution >= 4 is 0 Å². The summed E-state index contributed by atoms with van der Waals surface area (Å²) in [7, 11) is 2.21. The van der Waals surface area contributed by atoms with Crippen molar-refractivity contribution in [2.45, 2.75) is 19.1 Å². The van der Waals surface area contributed by atoms with E-state index in [1.54, 1.807) is 0 Å². The fourth-order valence-electron chi connectivity index (χ4n) is 3.12. The zero-order valence-electron chi connectivity index (χ0n) is 13.2. The standard InChI is InChI=1S/C17H27N3O/c1-15(12-19-10-8-18(2)9-11-19)20-13-17(14-20)21-16-6-4-3-5-7-16/h3-7,15,17H,8-14H2,1-2H3/t15-/m1/s1. The summed E-state index contributed by atoms with van der Waals surface area (Å²) in [5.41, 5.74) is 0. The highest BCUT2D eigenvalue weighted by molar-refractivity contribution is 5.21. The molecule has 2 saturated heterocycles. The van der Waals surface area contributed by atoms with Gasteiger partial charge in [0.15, 0.2) is 0 Å². The third kappa shape index (κ3) is 3.96. The Labute approximate surface area is 128 Å². The normalized spacial score (nSPS) is 23.7. The highest BCUT2D eigenvalue weighted by atomic mass is 16.5. The van der Waals surface area contributed by atoms with E-state index in [2.05, 4.69) is 28.7 Å². The lowest BCUT2D eigenvalue weighted by atomic mass is 10.1. The smallest absolute Gasteiger partial charge is 0.124 e. The molecule has 1 aromatic rings. The van der Waals surface area contributed by atoms with Gasteiger partial charge in [0.2, 0.25) is 0 Å². The molecule has 0 amide bonds. The van der Waals surface area contributed by atoms with Crippen LogP contribution in [0.1, 0.15) is 6.92 Å². The molecule has 4 heteroatoms. The van der Waals surface area contributed by atoms with Crippen LogP contribution in [0.3, 0.4) is 0 Å². The molecule has 0 spiro atoms. The van der Waals surface area contributed by atoms with Crippen LogP contribution in [0.15, 0.2) is 30.3 Å². The topological polar surface area (TPSA) is 19.0 Å². The number of hydrogen-bond donors (Lipinski definition) is 0. The van der Waals surface area contributed by atoms with E-state index >= 15 is 0 Å². The van der Waals surface area contributed by atoms with Gasteiger partial charge in [0.25, 0.3) is 0 Å². The largest absolute Gasteiger partial charge is 0.488 e. The van der Waals surface area contributed by atoms with Crippen LogP contribution in [0, 0.1) is 0 Å². The van der Waals surface area contributed by atoms with Gasteiger partial charge in [-0.25, -0.2) is 0 Å². The molecule has 116 valence electrons. The molecule has 0 saturated carbocycles. The van der Waals surface area contributed by atoms with Gasteiger partial charge < -0.3 is 9.64 Å². The maximum absolute atomic E-state index is 5.97. The average molecular weight is 289 g/mol. The van der Waals surface area contributed by atoms with Gasteiger partial charge in [-0.3, -0.25) is 9.80 Å². The van der Waals surface area contributed by atoms with Crippen LogP contribution in [0.5, 0.6) is 5.75 Å². The maximum atomic E-state index is 5.97. The Morgan fingerprint density at radius 3 is 2.43 bits per heavy atom. The Balaban J connectivity index is 1.37. The van der Waals surface area contributed by atoms with Gasteiger partial charge in [0.05, 0.1) is 0 Å². The maximum Gasteiger partial charge on any atom is 0.124 e. The molecule has 4 nitrogen and oxygen atoms in total. The molecule has 0 aromatic heterocycles. The van der Waals surface area contributed by atoms with Gasteiger partial charge >= 0.3 is 0 Å². The van der Waals surface area contributed by atoms with E-state index < -0.39 is 0 Å². The van der Waals surface area contributed by atoms with Gasteiger partial charge in [0.1, 0.15) is 11.9 Å². The first kappa shape index (κ1) is 14.8. The van der Waals surface area contributed by atoms with Crippen molar-refractivity contribution in [1.29, 1.82) is 0 Å². The van der Waals surface area contributed by atoms with Gasteiger partial charge in [-0.15, -0.1) is 0 Å². The molecule has 0 radical (unpaired) electrons. The second-order valence-electron chi connectivity index (χ2n) is 6.46. The van der Waals surface area contributed by atoms with E-state index in [9.17, 15) is 0 Å². The SMILES string of the molecule is C[C@H](CN1CCN(C)CC1)N1CC(Oc2ccccc2)C1. The highest BCUT2D eigenvalue weighted by Crippen LogP contribution is 2.20. The molecular weight excluding hydrogens is 262 g/mol. The van der Waals surface area contributed by atoms with Gasteiger partial charge in [-0.1, -0.05) is 18.2 Å². The fourth-order valence-corrected chi connectivity index (χ4v) is 3.12. The molecule has 0 bridgehead atoms. The van der Waals surface area contributed by atoms with E-state index in [-0.39, 0.29) is 0 Å². The van der Waals surface area contributed by atoms with Crippen molar-refractivity contribution in [2.75, 3.05) is 52.9 Å². The lowest BCUT2D eigenvalue weighted by molar-refractivity contribution is -0.0164. The molecule has 1 aromatic carbocycles. The van der Waals surface area contributed by atoms with Crippen molar-refractivity contribution < 1.29 is 4.74 Å². The Hall–Kier alpha value is -1.10. The third-order valence-corrected chi connectivity index (χ3v) is 4.66. The molecule has 2 aliphatic rings. The van der Waals surface area contributed by atoms with Crippen LogP contribution in [0.4, 0.5) is 0 Å². The third-order valence-electron chi connectivity index (χ3n) is 4.66. The Morgan fingerprint density at radius 2 is 1.76 bits per heavy atom. The first-order chi connectivity index (χ1) is 10.2. The summed E-state index contributed by atoms with van der Waals surface area (Å²) < 4.78 is 5.97. The van der Waals surface area contributed by atoms with Crippen LogP contribution < -0.4 is 4.74 Å². The van der Waals surface area contributed by atoms with E-state index in [1.165, 1.54) is 32.7 Å². The fraction of sp³-hybridized carbons (Fsp3) is 0.647. The second-order valence-corrected chi connectivity index (χ2v) is 6.46. The molecule has 21 heavy (non-hydrogen) atoms. The molecular formula is C17H27N3O. The summed E-state index contributed by atoms with van der Waals surface area (Å²) >= 11 is 0. The summed E-state index contributed by atoms with van der Waals surface area (Å²) in [6.45, 7) is 10.5. The zero-order chi connectivity index (χ0) is 14.7. The molecule has 2 aliphatic heterocycles. The highest BCUT2D eigenvalue weighted by Gasteiger charge is 2.32. The summed E-state index contributed by atoms with van der Waals surface area (Å²) in [4.78, 5) is 7.54. The van der Waals surface area contributed by atoms with Crippen LogP contribution >= 0.6 is 0 Å². The van der Waals surface area contributed by atoms with Crippen molar-refractivity contribution in [3.05, 3.63) is 30.3 Å². The van der Waals surface area contributed by atoms with E-state index in [1.807, 2.05) is 30.3 Å². The number of para-hydroxylation sites is 1. The minimum absolute atomic E-state index is 0.363. The van der Waals surface area contributed by atoms with E-state index in [0.29, 0.717) is 12.1 Å². The van der Waals surface area contributed by atoms with Crippen molar-refractivity contribution in [3.8, 4) is 5.75 Å². The van der Waals surface area contributed by atoms with Gasteiger partial charge in [-0.2, -0.15) is 0 Å². The van der Waals surface area contributed by atoms with Crippen LogP contribution in [-0.4, -0.2) is 79.7 Å².